The normalized spacial score (nSPS) is 9.64. The largest absolute Gasteiger partial charge is 0.506 e. The van der Waals surface area contributed by atoms with Gasteiger partial charge in [0.1, 0.15) is 11.6 Å². The predicted octanol–water partition coefficient (Wildman–Crippen LogP) is 1.96. The third-order valence-electron chi connectivity index (χ3n) is 1.33. The molecule has 1 aromatic rings. The Hall–Kier alpha value is -1.25. The number of nitrogens with one attached hydrogen (secondary N) is 1. The molecule has 0 radical (unpaired) electrons. The number of hydrogen-bond donors (Lipinski definition) is 2. The molecule has 1 rings (SSSR count). The van der Waals surface area contributed by atoms with Gasteiger partial charge in [-0.25, -0.2) is 4.39 Å². The number of phenols is 1. The van der Waals surface area contributed by atoms with Crippen molar-refractivity contribution in [3.63, 3.8) is 0 Å². The van der Waals surface area contributed by atoms with E-state index in [1.165, 1.54) is 12.1 Å². The van der Waals surface area contributed by atoms with Gasteiger partial charge in [0.05, 0.1) is 5.69 Å². The van der Waals surface area contributed by atoms with Gasteiger partial charge in [-0.2, -0.15) is 0 Å². The van der Waals surface area contributed by atoms with Crippen molar-refractivity contribution in [1.82, 2.24) is 0 Å². The van der Waals surface area contributed by atoms with E-state index in [1.54, 1.807) is 0 Å². The van der Waals surface area contributed by atoms with Crippen LogP contribution in [0, 0.1) is 5.82 Å². The topological polar surface area (TPSA) is 32.3 Å². The van der Waals surface area contributed by atoms with E-state index in [4.69, 9.17) is 5.11 Å². The second kappa shape index (κ2) is 3.23. The summed E-state index contributed by atoms with van der Waals surface area (Å²) in [5, 5.41) is 12.0. The lowest BCUT2D eigenvalue weighted by molar-refractivity contribution is 0.471. The summed E-state index contributed by atoms with van der Waals surface area (Å²) in [6, 6.07) is 3.89. The van der Waals surface area contributed by atoms with Gasteiger partial charge in [-0.3, -0.25) is 0 Å². The zero-order valence-electron chi connectivity index (χ0n) is 6.26. The van der Waals surface area contributed by atoms with Crippen LogP contribution < -0.4 is 5.32 Å². The quantitative estimate of drug-likeness (QED) is 0.640. The number of hydrogen-bond acceptors (Lipinski definition) is 2. The first-order valence-electron chi connectivity index (χ1n) is 3.46. The van der Waals surface area contributed by atoms with Gasteiger partial charge in [0, 0.05) is 12.6 Å². The highest BCUT2D eigenvalue weighted by Gasteiger charge is 1.99. The van der Waals surface area contributed by atoms with E-state index >= 15 is 0 Å². The minimum Gasteiger partial charge on any atom is -0.506 e. The number of rotatable bonds is 2. The van der Waals surface area contributed by atoms with Gasteiger partial charge in [-0.05, 0) is 19.1 Å². The predicted molar refractivity (Wildman–Crippen MR) is 42.2 cm³/mol. The lowest BCUT2D eigenvalue weighted by atomic mass is 10.3. The Morgan fingerprint density at radius 1 is 1.55 bits per heavy atom. The fourth-order valence-corrected chi connectivity index (χ4v) is 0.845. The fraction of sp³-hybridized carbons (Fsp3) is 0.250. The molecular weight excluding hydrogens is 145 g/mol. The smallest absolute Gasteiger partial charge is 0.141 e. The van der Waals surface area contributed by atoms with Crippen LogP contribution in [0.15, 0.2) is 18.2 Å². The summed E-state index contributed by atoms with van der Waals surface area (Å²) in [6.45, 7) is 2.61. The van der Waals surface area contributed by atoms with E-state index in [1.807, 2.05) is 6.92 Å². The molecule has 0 aromatic heterocycles. The molecule has 0 saturated carbocycles. The van der Waals surface area contributed by atoms with Gasteiger partial charge < -0.3 is 10.4 Å². The molecule has 60 valence electrons. The number of halogens is 1. The third kappa shape index (κ3) is 1.83. The highest BCUT2D eigenvalue weighted by molar-refractivity contribution is 5.55. The highest BCUT2D eigenvalue weighted by atomic mass is 19.1. The lowest BCUT2D eigenvalue weighted by Gasteiger charge is -2.04. The average molecular weight is 155 g/mol. The van der Waals surface area contributed by atoms with Crippen molar-refractivity contribution in [1.29, 1.82) is 0 Å². The molecule has 0 aliphatic heterocycles. The van der Waals surface area contributed by atoms with E-state index in [2.05, 4.69) is 5.32 Å². The molecule has 0 unspecified atom stereocenters. The molecule has 2 nitrogen and oxygen atoms in total. The summed E-state index contributed by atoms with van der Waals surface area (Å²) < 4.78 is 12.4. The van der Waals surface area contributed by atoms with Gasteiger partial charge in [-0.1, -0.05) is 0 Å². The molecule has 0 saturated heterocycles. The van der Waals surface area contributed by atoms with E-state index in [0.717, 1.165) is 6.07 Å². The maximum absolute atomic E-state index is 12.4. The standard InChI is InChI=1S/C8H10FNO/c1-2-10-7-4-3-6(9)5-8(7)11/h3-5,10-11H,2H2,1H3. The van der Waals surface area contributed by atoms with Crippen LogP contribution >= 0.6 is 0 Å². The fourth-order valence-electron chi connectivity index (χ4n) is 0.845. The molecular formula is C8H10FNO. The van der Waals surface area contributed by atoms with Gasteiger partial charge in [0.25, 0.3) is 0 Å². The maximum Gasteiger partial charge on any atom is 0.141 e. The molecule has 3 heteroatoms. The monoisotopic (exact) mass is 155 g/mol. The maximum atomic E-state index is 12.4. The zero-order chi connectivity index (χ0) is 8.27. The minimum atomic E-state index is -0.427. The summed E-state index contributed by atoms with van der Waals surface area (Å²) in [7, 11) is 0. The van der Waals surface area contributed by atoms with Gasteiger partial charge in [0.2, 0.25) is 0 Å². The minimum absolute atomic E-state index is 0.0492. The van der Waals surface area contributed by atoms with E-state index in [0.29, 0.717) is 12.2 Å². The Morgan fingerprint density at radius 3 is 2.82 bits per heavy atom. The Bertz CT molecular complexity index is 250. The van der Waals surface area contributed by atoms with Crippen LogP contribution in [-0.2, 0) is 0 Å². The van der Waals surface area contributed by atoms with Crippen molar-refractivity contribution < 1.29 is 9.50 Å². The van der Waals surface area contributed by atoms with Crippen molar-refractivity contribution >= 4 is 5.69 Å². The Balaban J connectivity index is 2.90. The van der Waals surface area contributed by atoms with Crippen LogP contribution in [0.3, 0.4) is 0 Å². The molecule has 0 bridgehead atoms. The highest BCUT2D eigenvalue weighted by Crippen LogP contribution is 2.22. The van der Waals surface area contributed by atoms with Crippen molar-refractivity contribution in [2.45, 2.75) is 6.92 Å². The van der Waals surface area contributed by atoms with Gasteiger partial charge in [0.15, 0.2) is 0 Å². The molecule has 0 aliphatic rings. The summed E-state index contributed by atoms with van der Waals surface area (Å²) in [4.78, 5) is 0. The third-order valence-corrected chi connectivity index (χ3v) is 1.33. The first-order chi connectivity index (χ1) is 5.24. The van der Waals surface area contributed by atoms with Crippen LogP contribution in [-0.4, -0.2) is 11.7 Å². The summed E-state index contributed by atoms with van der Waals surface area (Å²) in [5.41, 5.74) is 0.564. The molecule has 0 spiro atoms. The number of benzene rings is 1. The Labute approximate surface area is 64.7 Å². The van der Waals surface area contributed by atoms with Crippen molar-refractivity contribution in [3.8, 4) is 5.75 Å². The van der Waals surface area contributed by atoms with Crippen LogP contribution in [0.25, 0.3) is 0 Å². The zero-order valence-corrected chi connectivity index (χ0v) is 6.26. The summed E-state index contributed by atoms with van der Waals surface area (Å²) in [5.74, 6) is -0.476. The molecule has 0 heterocycles. The number of aromatic hydroxyl groups is 1. The molecule has 11 heavy (non-hydrogen) atoms. The molecule has 0 aliphatic carbocycles. The van der Waals surface area contributed by atoms with Crippen LogP contribution in [0.5, 0.6) is 5.75 Å². The molecule has 0 atom stereocenters. The van der Waals surface area contributed by atoms with Crippen LogP contribution in [0.1, 0.15) is 6.92 Å². The van der Waals surface area contributed by atoms with Gasteiger partial charge >= 0.3 is 0 Å². The van der Waals surface area contributed by atoms with Gasteiger partial charge in [-0.15, -0.1) is 0 Å². The lowest BCUT2D eigenvalue weighted by Crippen LogP contribution is -1.96. The van der Waals surface area contributed by atoms with Crippen molar-refractivity contribution in [2.24, 2.45) is 0 Å². The second-order valence-corrected chi connectivity index (χ2v) is 2.19. The van der Waals surface area contributed by atoms with E-state index < -0.39 is 5.82 Å². The summed E-state index contributed by atoms with van der Waals surface area (Å²) >= 11 is 0. The Kier molecular flexibility index (Phi) is 2.31. The first kappa shape index (κ1) is 7.85. The molecule has 2 N–H and O–H groups in total. The second-order valence-electron chi connectivity index (χ2n) is 2.19. The Morgan fingerprint density at radius 2 is 2.27 bits per heavy atom. The van der Waals surface area contributed by atoms with Crippen molar-refractivity contribution in [3.05, 3.63) is 24.0 Å². The summed E-state index contributed by atoms with van der Waals surface area (Å²) in [6.07, 6.45) is 0. The number of anilines is 1. The number of phenolic OH excluding ortho intramolecular Hbond substituents is 1. The van der Waals surface area contributed by atoms with E-state index in [-0.39, 0.29) is 5.75 Å². The first-order valence-corrected chi connectivity index (χ1v) is 3.46. The van der Waals surface area contributed by atoms with E-state index in [9.17, 15) is 4.39 Å². The molecule has 1 aromatic carbocycles. The van der Waals surface area contributed by atoms with Crippen LogP contribution in [0.2, 0.25) is 0 Å². The molecule has 0 fully saturated rings. The SMILES string of the molecule is CCNc1ccc(F)cc1O. The molecule has 0 amide bonds. The van der Waals surface area contributed by atoms with Crippen molar-refractivity contribution in [2.75, 3.05) is 11.9 Å². The average Bonchev–Trinajstić information content (AvgIpc) is 1.95. The van der Waals surface area contributed by atoms with Crippen LogP contribution in [0.4, 0.5) is 10.1 Å².